The predicted octanol–water partition coefficient (Wildman–Crippen LogP) is 1.77. The summed E-state index contributed by atoms with van der Waals surface area (Å²) < 4.78 is 2.33. The van der Waals surface area contributed by atoms with Crippen molar-refractivity contribution in [2.24, 2.45) is 0 Å². The van der Waals surface area contributed by atoms with Crippen molar-refractivity contribution in [3.63, 3.8) is 0 Å². The summed E-state index contributed by atoms with van der Waals surface area (Å²) in [4.78, 5) is 16.8. The zero-order valence-electron chi connectivity index (χ0n) is 15.1. The molecule has 2 amide bonds. The van der Waals surface area contributed by atoms with Crippen LogP contribution < -0.4 is 5.32 Å². The lowest BCUT2D eigenvalue weighted by Gasteiger charge is -2.35. The number of fused-ring (bicyclic) bond motifs is 1. The van der Waals surface area contributed by atoms with Gasteiger partial charge in [-0.2, -0.15) is 0 Å². The Balaban J connectivity index is 1.27. The van der Waals surface area contributed by atoms with Gasteiger partial charge >= 0.3 is 6.03 Å². The zero-order valence-corrected chi connectivity index (χ0v) is 15.1. The van der Waals surface area contributed by atoms with Crippen LogP contribution in [0.15, 0.2) is 0 Å². The first-order valence-corrected chi connectivity index (χ1v) is 9.98. The number of hydrogen-bond donors (Lipinski definition) is 1. The smallest absolute Gasteiger partial charge is 0.317 e. The molecule has 0 atom stereocenters. The Morgan fingerprint density at radius 1 is 0.960 bits per heavy atom. The highest BCUT2D eigenvalue weighted by Crippen LogP contribution is 2.19. The van der Waals surface area contributed by atoms with Gasteiger partial charge in [0.25, 0.3) is 0 Å². The minimum atomic E-state index is 0.128. The third kappa shape index (κ3) is 3.97. The van der Waals surface area contributed by atoms with Gasteiger partial charge in [0.2, 0.25) is 0 Å². The van der Waals surface area contributed by atoms with E-state index in [2.05, 4.69) is 25.0 Å². The number of rotatable bonds is 3. The summed E-state index contributed by atoms with van der Waals surface area (Å²) in [5.74, 6) is 2.25. The second-order valence-electron chi connectivity index (χ2n) is 7.69. The van der Waals surface area contributed by atoms with Crippen molar-refractivity contribution in [3.05, 3.63) is 11.6 Å². The Bertz CT molecular complexity index is 586. The number of nitrogens with zero attached hydrogens (tertiary/aromatic N) is 5. The van der Waals surface area contributed by atoms with Crippen LogP contribution in [0.4, 0.5) is 4.79 Å². The molecule has 0 unspecified atom stereocenters. The Morgan fingerprint density at radius 3 is 2.56 bits per heavy atom. The van der Waals surface area contributed by atoms with Gasteiger partial charge in [0, 0.05) is 45.2 Å². The van der Waals surface area contributed by atoms with Crippen LogP contribution in [0.2, 0.25) is 0 Å². The summed E-state index contributed by atoms with van der Waals surface area (Å²) in [7, 11) is 0. The average molecular weight is 346 g/mol. The molecule has 7 nitrogen and oxygen atoms in total. The maximum absolute atomic E-state index is 12.4. The molecule has 1 N–H and O–H groups in total. The summed E-state index contributed by atoms with van der Waals surface area (Å²) in [5, 5.41) is 12.0. The average Bonchev–Trinajstić information content (AvgIpc) is 3.20. The van der Waals surface area contributed by atoms with Crippen LogP contribution in [0.1, 0.15) is 56.6 Å². The molecular formula is C18H30N6O. The predicted molar refractivity (Wildman–Crippen MR) is 95.2 cm³/mol. The highest BCUT2D eigenvalue weighted by atomic mass is 16.2. The normalized spacial score (nSPS) is 22.6. The quantitative estimate of drug-likeness (QED) is 0.906. The number of piperazine rings is 1. The van der Waals surface area contributed by atoms with Crippen LogP contribution in [0.3, 0.4) is 0 Å². The molecule has 0 aromatic carbocycles. The van der Waals surface area contributed by atoms with Gasteiger partial charge in [-0.15, -0.1) is 10.2 Å². The Hall–Kier alpha value is -1.63. The van der Waals surface area contributed by atoms with Crippen LogP contribution in [0, 0.1) is 0 Å². The van der Waals surface area contributed by atoms with Gasteiger partial charge in [-0.1, -0.05) is 19.3 Å². The third-order valence-corrected chi connectivity index (χ3v) is 5.89. The molecule has 3 heterocycles. The number of urea groups is 1. The largest absolute Gasteiger partial charge is 0.335 e. The third-order valence-electron chi connectivity index (χ3n) is 5.89. The topological polar surface area (TPSA) is 66.3 Å². The molecule has 25 heavy (non-hydrogen) atoms. The van der Waals surface area contributed by atoms with Crippen LogP contribution in [-0.4, -0.2) is 62.8 Å². The van der Waals surface area contributed by atoms with E-state index in [0.29, 0.717) is 6.04 Å². The van der Waals surface area contributed by atoms with Crippen molar-refractivity contribution in [2.45, 2.75) is 70.5 Å². The highest BCUT2D eigenvalue weighted by Gasteiger charge is 2.25. The molecule has 2 aliphatic heterocycles. The minimum absolute atomic E-state index is 0.128. The molecule has 1 aromatic heterocycles. The second kappa shape index (κ2) is 7.72. The molecule has 0 spiro atoms. The number of aromatic nitrogens is 3. The van der Waals surface area contributed by atoms with Crippen molar-refractivity contribution in [2.75, 3.05) is 26.2 Å². The standard InChI is InChI=1S/C18H30N6O/c25-18(19-15-6-3-4-7-15)23-12-10-22(11-13-23)14-17-21-20-16-8-2-1-5-9-24(16)17/h15H,1-14H2,(H,19,25). The Morgan fingerprint density at radius 2 is 1.76 bits per heavy atom. The van der Waals surface area contributed by atoms with Gasteiger partial charge in [0.1, 0.15) is 11.6 Å². The molecule has 0 bridgehead atoms. The molecule has 1 saturated carbocycles. The van der Waals surface area contributed by atoms with Crippen molar-refractivity contribution in [3.8, 4) is 0 Å². The van der Waals surface area contributed by atoms with Gasteiger partial charge in [0.05, 0.1) is 6.54 Å². The number of carbonyl (C=O) groups is 1. The molecule has 1 saturated heterocycles. The molecule has 1 aromatic rings. The van der Waals surface area contributed by atoms with Gasteiger partial charge in [-0.3, -0.25) is 4.90 Å². The Kier molecular flexibility index (Phi) is 5.20. The SMILES string of the molecule is O=C(NC1CCCC1)N1CCN(Cc2nnc3n2CCCCC3)CC1. The monoisotopic (exact) mass is 346 g/mol. The molecule has 4 rings (SSSR count). The number of nitrogens with one attached hydrogen (secondary N) is 1. The first kappa shape index (κ1) is 16.8. The molecule has 3 aliphatic rings. The number of hydrogen-bond acceptors (Lipinski definition) is 4. The summed E-state index contributed by atoms with van der Waals surface area (Å²) in [6.07, 6.45) is 9.59. The maximum Gasteiger partial charge on any atom is 0.317 e. The Labute approximate surface area is 149 Å². The molecule has 7 heteroatoms. The van der Waals surface area contributed by atoms with E-state index >= 15 is 0 Å². The fourth-order valence-corrected chi connectivity index (χ4v) is 4.31. The van der Waals surface area contributed by atoms with E-state index in [9.17, 15) is 4.79 Å². The minimum Gasteiger partial charge on any atom is -0.335 e. The van der Waals surface area contributed by atoms with E-state index in [0.717, 1.165) is 70.2 Å². The number of amides is 2. The summed E-state index contributed by atoms with van der Waals surface area (Å²) >= 11 is 0. The van der Waals surface area contributed by atoms with Crippen molar-refractivity contribution in [1.29, 1.82) is 0 Å². The first-order chi connectivity index (χ1) is 12.3. The van der Waals surface area contributed by atoms with Crippen LogP contribution in [0.25, 0.3) is 0 Å². The molecule has 0 radical (unpaired) electrons. The van der Waals surface area contributed by atoms with Gasteiger partial charge in [0.15, 0.2) is 0 Å². The second-order valence-corrected chi connectivity index (χ2v) is 7.69. The van der Waals surface area contributed by atoms with E-state index in [-0.39, 0.29) is 6.03 Å². The van der Waals surface area contributed by atoms with E-state index in [1.165, 1.54) is 32.1 Å². The maximum atomic E-state index is 12.4. The lowest BCUT2D eigenvalue weighted by Crippen LogP contribution is -2.53. The van der Waals surface area contributed by atoms with E-state index in [1.54, 1.807) is 0 Å². The van der Waals surface area contributed by atoms with E-state index in [4.69, 9.17) is 0 Å². The fraction of sp³-hybridized carbons (Fsp3) is 0.833. The van der Waals surface area contributed by atoms with Crippen molar-refractivity contribution in [1.82, 2.24) is 29.9 Å². The van der Waals surface area contributed by atoms with Crippen LogP contribution in [0.5, 0.6) is 0 Å². The van der Waals surface area contributed by atoms with Gasteiger partial charge in [-0.25, -0.2) is 4.79 Å². The first-order valence-electron chi connectivity index (χ1n) is 9.98. The van der Waals surface area contributed by atoms with Gasteiger partial charge in [-0.05, 0) is 25.7 Å². The van der Waals surface area contributed by atoms with E-state index < -0.39 is 0 Å². The summed E-state index contributed by atoms with van der Waals surface area (Å²) in [5.41, 5.74) is 0. The molecule has 138 valence electrons. The molecule has 2 fully saturated rings. The lowest BCUT2D eigenvalue weighted by molar-refractivity contribution is 0.130. The van der Waals surface area contributed by atoms with Crippen LogP contribution >= 0.6 is 0 Å². The van der Waals surface area contributed by atoms with Crippen LogP contribution in [-0.2, 0) is 19.5 Å². The highest BCUT2D eigenvalue weighted by molar-refractivity contribution is 5.74. The fourth-order valence-electron chi connectivity index (χ4n) is 4.31. The lowest BCUT2D eigenvalue weighted by atomic mass is 10.2. The molecular weight excluding hydrogens is 316 g/mol. The van der Waals surface area contributed by atoms with E-state index in [1.807, 2.05) is 4.90 Å². The van der Waals surface area contributed by atoms with Crippen molar-refractivity contribution >= 4 is 6.03 Å². The van der Waals surface area contributed by atoms with Crippen molar-refractivity contribution < 1.29 is 4.79 Å². The summed E-state index contributed by atoms with van der Waals surface area (Å²) in [6, 6.07) is 0.528. The van der Waals surface area contributed by atoms with Gasteiger partial charge < -0.3 is 14.8 Å². The number of carbonyl (C=O) groups excluding carboxylic acids is 1. The summed E-state index contributed by atoms with van der Waals surface area (Å²) in [6.45, 7) is 5.35. The zero-order chi connectivity index (χ0) is 17.1. The number of aryl methyl sites for hydroxylation is 1. The molecule has 1 aliphatic carbocycles.